The molecule has 3 nitrogen and oxygen atoms in total. The van der Waals surface area contributed by atoms with Crippen LogP contribution in [-0.2, 0) is 0 Å². The van der Waals surface area contributed by atoms with Gasteiger partial charge in [0.05, 0.1) is 2.74 Å². The second-order valence-electron chi connectivity index (χ2n) is 2.73. The summed E-state index contributed by atoms with van der Waals surface area (Å²) >= 11 is 0. The largest absolute Gasteiger partial charge is 0.335 e. The van der Waals surface area contributed by atoms with Crippen LogP contribution in [0.25, 0.3) is 0 Å². The van der Waals surface area contributed by atoms with E-state index in [1.54, 1.807) is 0 Å². The first-order valence-corrected chi connectivity index (χ1v) is 4.36. The third kappa shape index (κ3) is 3.69. The molecule has 2 saturated carbocycles. The predicted octanol–water partition coefficient (Wildman–Crippen LogP) is 2.95. The Morgan fingerprint density at radius 2 is 1.44 bits per heavy atom. The molecule has 2 fully saturated rings. The molecule has 0 aromatic heterocycles. The number of amides is 2. The highest BCUT2D eigenvalue weighted by Gasteiger charge is 2.19. The van der Waals surface area contributed by atoms with E-state index in [9.17, 15) is 4.79 Å². The first-order valence-electron chi connectivity index (χ1n) is 14.5. The summed E-state index contributed by atoms with van der Waals surface area (Å²) in [6.07, 6.45) is -35.7. The SMILES string of the molecule is [2H]C1C([2H])([2H])C([2H])([2H])C([2H])([2H])C([2H])([2H])C1([2H])NC(=O)NC1([2H])C([2H])C([2H])([2H])C([2H])([2H])C([2H])([2H])C1([2H])[2H]. The minimum atomic E-state index is -3.85. The molecule has 2 aliphatic carbocycles. The van der Waals surface area contributed by atoms with Crippen LogP contribution in [0.4, 0.5) is 4.79 Å². The quantitative estimate of drug-likeness (QED) is 0.770. The standard InChI is InChI=1S/C13H24N2O/c16-13(14-11-7-3-1-4-8-11)15-12-9-5-2-6-10-12/h11-12H,1-10H2,(H2,14,15,16)/i1D2,2D2,3D2,4D2,5D2,6D2,7D,8D2,9D,10D2,11D,12D. The highest BCUT2D eigenvalue weighted by molar-refractivity contribution is 5.74. The molecule has 92 valence electrons. The van der Waals surface area contributed by atoms with E-state index < -0.39 is 81.8 Å². The Hall–Kier alpha value is -0.730. The summed E-state index contributed by atoms with van der Waals surface area (Å²) in [7, 11) is 0. The van der Waals surface area contributed by atoms with Crippen molar-refractivity contribution in [3.8, 4) is 0 Å². The van der Waals surface area contributed by atoms with Gasteiger partial charge >= 0.3 is 6.03 Å². The van der Waals surface area contributed by atoms with Crippen molar-refractivity contribution in [1.82, 2.24) is 10.6 Å². The molecular formula is C13H24N2O. The highest BCUT2D eigenvalue weighted by Crippen LogP contribution is 2.19. The van der Waals surface area contributed by atoms with E-state index in [4.69, 9.17) is 27.4 Å². The lowest BCUT2D eigenvalue weighted by molar-refractivity contribution is 0.224. The maximum Gasteiger partial charge on any atom is 0.315 e. The summed E-state index contributed by atoms with van der Waals surface area (Å²) in [5.74, 6) is 0. The van der Waals surface area contributed by atoms with Crippen molar-refractivity contribution in [1.29, 1.82) is 0 Å². The fraction of sp³-hybridized carbons (Fsp3) is 0.923. The van der Waals surface area contributed by atoms with Crippen LogP contribution in [-0.4, -0.2) is 18.1 Å². The zero-order valence-corrected chi connectivity index (χ0v) is 8.06. The van der Waals surface area contributed by atoms with Gasteiger partial charge in [-0.05, 0) is 25.5 Å². The molecule has 16 heavy (non-hydrogen) atoms. The van der Waals surface area contributed by atoms with Gasteiger partial charge in [-0.2, -0.15) is 0 Å². The van der Waals surface area contributed by atoms with Crippen LogP contribution in [0.2, 0.25) is 0 Å². The Bertz CT molecular complexity index is 861. The van der Waals surface area contributed by atoms with E-state index >= 15 is 0 Å². The van der Waals surface area contributed by atoms with Gasteiger partial charge < -0.3 is 10.6 Å². The number of carbonyl (C=O) groups excluding carboxylic acids is 1. The maximum atomic E-state index is 12.8. The van der Waals surface area contributed by atoms with Crippen molar-refractivity contribution in [2.75, 3.05) is 0 Å². The van der Waals surface area contributed by atoms with Crippen LogP contribution in [0.15, 0.2) is 0 Å². The van der Waals surface area contributed by atoms with Crippen LogP contribution in [0.1, 0.15) is 91.2 Å². The molecule has 2 amide bonds. The Labute approximate surface area is 126 Å². The Morgan fingerprint density at radius 1 is 0.938 bits per heavy atom. The van der Waals surface area contributed by atoms with E-state index in [0.29, 0.717) is 0 Å². The lowest BCUT2D eigenvalue weighted by Gasteiger charge is -2.26. The predicted molar refractivity (Wildman–Crippen MR) is 65.4 cm³/mol. The second-order valence-corrected chi connectivity index (χ2v) is 2.73. The molecule has 0 aromatic rings. The molecule has 2 aliphatic rings. The van der Waals surface area contributed by atoms with Crippen LogP contribution >= 0.6 is 0 Å². The lowest BCUT2D eigenvalue weighted by Crippen LogP contribution is -2.47. The first-order chi connectivity index (χ1) is 15.4. The highest BCUT2D eigenvalue weighted by atomic mass is 16.2. The number of urea groups is 1. The number of rotatable bonds is 2. The average Bonchev–Trinajstić information content (AvgIpc) is 2.69. The number of nitrogens with one attached hydrogen (secondary N) is 2. The van der Waals surface area contributed by atoms with Crippen LogP contribution in [0.3, 0.4) is 0 Å². The molecule has 2 rings (SSSR count). The molecule has 4 atom stereocenters. The molecule has 0 heterocycles. The maximum absolute atomic E-state index is 12.8. The van der Waals surface area contributed by atoms with E-state index in [1.165, 1.54) is 10.6 Å². The fourth-order valence-corrected chi connectivity index (χ4v) is 0.969. The van der Waals surface area contributed by atoms with Gasteiger partial charge in [0.15, 0.2) is 0 Å². The van der Waals surface area contributed by atoms with E-state index in [2.05, 4.69) is 0 Å². The monoisotopic (exact) mass is 244 g/mol. The van der Waals surface area contributed by atoms with Crippen molar-refractivity contribution >= 4 is 6.03 Å². The number of hydrogen-bond acceptors (Lipinski definition) is 1. The summed E-state index contributed by atoms with van der Waals surface area (Å²) in [5, 5.41) is 2.78. The molecule has 3 heteroatoms. The molecule has 0 aromatic carbocycles. The van der Waals surface area contributed by atoms with E-state index in [1.807, 2.05) is 0 Å². The normalized spacial score (nSPS) is 92.8. The molecule has 2 N–H and O–H groups in total. The summed E-state index contributed by atoms with van der Waals surface area (Å²) < 4.78 is 158. The molecule has 0 radical (unpaired) electrons. The topological polar surface area (TPSA) is 41.1 Å². The number of carbonyl (C=O) groups is 1. The van der Waals surface area contributed by atoms with Crippen molar-refractivity contribution in [2.24, 2.45) is 0 Å². The van der Waals surface area contributed by atoms with Gasteiger partial charge in [0.1, 0.15) is 0 Å². The lowest BCUT2D eigenvalue weighted by atomic mass is 9.95. The summed E-state index contributed by atoms with van der Waals surface area (Å²) in [4.78, 5) is 12.8. The summed E-state index contributed by atoms with van der Waals surface area (Å²) in [5.41, 5.74) is 0. The third-order valence-electron chi connectivity index (χ3n) is 1.59. The van der Waals surface area contributed by atoms with Crippen LogP contribution in [0, 0.1) is 0 Å². The average molecular weight is 244 g/mol. The summed E-state index contributed by atoms with van der Waals surface area (Å²) in [6.45, 7) is 0. The van der Waals surface area contributed by atoms with Crippen molar-refractivity contribution in [3.63, 3.8) is 0 Å². The fourth-order valence-electron chi connectivity index (χ4n) is 0.969. The van der Waals surface area contributed by atoms with Crippen LogP contribution < -0.4 is 10.6 Å². The second kappa shape index (κ2) is 6.12. The molecule has 0 bridgehead atoms. The summed E-state index contributed by atoms with van der Waals surface area (Å²) in [6, 6.07) is -9.35. The van der Waals surface area contributed by atoms with Gasteiger partial charge in [-0.1, -0.05) is 38.2 Å². The smallest absolute Gasteiger partial charge is 0.315 e. The van der Waals surface area contributed by atoms with Crippen molar-refractivity contribution in [2.45, 2.75) is 75.8 Å². The zero-order valence-electron chi connectivity index (χ0n) is 28.1. The van der Waals surface area contributed by atoms with Gasteiger partial charge in [0.2, 0.25) is 0 Å². The Balaban J connectivity index is 2.59. The molecular weight excluding hydrogens is 200 g/mol. The van der Waals surface area contributed by atoms with Crippen LogP contribution in [0.5, 0.6) is 0 Å². The van der Waals surface area contributed by atoms with Gasteiger partial charge in [0.25, 0.3) is 0 Å². The molecule has 0 aliphatic heterocycles. The molecule has 4 unspecified atom stereocenters. The molecule has 0 spiro atoms. The van der Waals surface area contributed by atoms with Crippen molar-refractivity contribution < 1.29 is 32.2 Å². The third-order valence-corrected chi connectivity index (χ3v) is 1.59. The minimum Gasteiger partial charge on any atom is -0.335 e. The van der Waals surface area contributed by atoms with E-state index in [-0.39, 0.29) is 0 Å². The van der Waals surface area contributed by atoms with Gasteiger partial charge in [-0.3, -0.25) is 0 Å². The minimum absolute atomic E-state index is 1.39. The Kier molecular flexibility index (Phi) is 0.904. The van der Waals surface area contributed by atoms with Gasteiger partial charge in [-0.15, -0.1) is 0 Å². The van der Waals surface area contributed by atoms with Gasteiger partial charge in [0, 0.05) is 36.7 Å². The first kappa shape index (κ1) is 2.36. The molecule has 0 saturated heterocycles. The van der Waals surface area contributed by atoms with Gasteiger partial charge in [-0.25, -0.2) is 4.79 Å². The zero-order chi connectivity index (χ0) is 29.1. The Morgan fingerprint density at radius 3 is 1.94 bits per heavy atom. The van der Waals surface area contributed by atoms with Crippen molar-refractivity contribution in [3.05, 3.63) is 0 Å². The van der Waals surface area contributed by atoms with E-state index in [0.717, 1.165) is 0 Å². The number of hydrogen-bond donors (Lipinski definition) is 2.